The van der Waals surface area contributed by atoms with Gasteiger partial charge in [-0.25, -0.2) is 0 Å². The fourth-order valence-corrected chi connectivity index (χ4v) is 3.16. The Labute approximate surface area is 117 Å². The van der Waals surface area contributed by atoms with Crippen molar-refractivity contribution in [3.63, 3.8) is 0 Å². The van der Waals surface area contributed by atoms with Gasteiger partial charge >= 0.3 is 5.97 Å². The van der Waals surface area contributed by atoms with Gasteiger partial charge in [-0.3, -0.25) is 4.79 Å². The zero-order valence-electron chi connectivity index (χ0n) is 12.4. The molecule has 0 radical (unpaired) electrons. The molecule has 0 aromatic carbocycles. The topological polar surface area (TPSA) is 29.5 Å². The van der Waals surface area contributed by atoms with E-state index in [1.54, 1.807) is 0 Å². The summed E-state index contributed by atoms with van der Waals surface area (Å²) in [4.78, 5) is 14.1. The number of hydrogen-bond acceptors (Lipinski definition) is 3. The Morgan fingerprint density at radius 2 is 1.89 bits per heavy atom. The number of rotatable bonds is 8. The molecule has 0 aromatic heterocycles. The first-order chi connectivity index (χ1) is 9.29. The van der Waals surface area contributed by atoms with Crippen molar-refractivity contribution in [1.82, 2.24) is 4.90 Å². The third-order valence-electron chi connectivity index (χ3n) is 4.41. The van der Waals surface area contributed by atoms with E-state index in [0.717, 1.165) is 24.9 Å². The minimum absolute atomic E-state index is 0.0301. The molecule has 0 amide bonds. The molecule has 110 valence electrons. The second-order valence-corrected chi connectivity index (χ2v) is 6.14. The second kappa shape index (κ2) is 7.88. The summed E-state index contributed by atoms with van der Waals surface area (Å²) >= 11 is 0. The van der Waals surface area contributed by atoms with E-state index in [2.05, 4.69) is 4.90 Å². The van der Waals surface area contributed by atoms with E-state index in [-0.39, 0.29) is 5.97 Å². The summed E-state index contributed by atoms with van der Waals surface area (Å²) in [5, 5.41) is 0. The highest BCUT2D eigenvalue weighted by molar-refractivity contribution is 5.69. The van der Waals surface area contributed by atoms with Crippen molar-refractivity contribution >= 4 is 5.97 Å². The highest BCUT2D eigenvalue weighted by atomic mass is 16.5. The second-order valence-electron chi connectivity index (χ2n) is 6.14. The number of hydrogen-bond donors (Lipinski definition) is 0. The largest absolute Gasteiger partial charge is 0.466 e. The molecule has 2 aliphatic carbocycles. The molecular weight excluding hydrogens is 238 g/mol. The molecule has 0 aromatic rings. The van der Waals surface area contributed by atoms with Crippen LogP contribution in [0.15, 0.2) is 0 Å². The highest BCUT2D eigenvalue weighted by Crippen LogP contribution is 2.32. The Balaban J connectivity index is 1.71. The van der Waals surface area contributed by atoms with Gasteiger partial charge in [-0.2, -0.15) is 0 Å². The van der Waals surface area contributed by atoms with Gasteiger partial charge in [0.2, 0.25) is 0 Å². The normalized spacial score (nSPS) is 20.7. The molecule has 2 saturated carbocycles. The van der Waals surface area contributed by atoms with Crippen molar-refractivity contribution in [2.75, 3.05) is 19.7 Å². The van der Waals surface area contributed by atoms with Gasteiger partial charge in [-0.1, -0.05) is 19.3 Å². The van der Waals surface area contributed by atoms with E-state index in [9.17, 15) is 4.79 Å². The van der Waals surface area contributed by atoms with Crippen LogP contribution in [0, 0.1) is 5.92 Å². The van der Waals surface area contributed by atoms with Gasteiger partial charge in [-0.05, 0) is 51.5 Å². The van der Waals surface area contributed by atoms with Crippen molar-refractivity contribution < 1.29 is 9.53 Å². The molecule has 0 bridgehead atoms. The van der Waals surface area contributed by atoms with Crippen LogP contribution in [0.2, 0.25) is 0 Å². The molecule has 0 saturated heterocycles. The Bertz CT molecular complexity index is 270. The molecule has 0 spiro atoms. The van der Waals surface area contributed by atoms with Crippen LogP contribution in [-0.2, 0) is 9.53 Å². The van der Waals surface area contributed by atoms with Gasteiger partial charge in [-0.15, -0.1) is 0 Å². The van der Waals surface area contributed by atoms with E-state index in [4.69, 9.17) is 4.74 Å². The molecule has 0 heterocycles. The maximum absolute atomic E-state index is 11.4. The molecule has 3 nitrogen and oxygen atoms in total. The van der Waals surface area contributed by atoms with Crippen molar-refractivity contribution in [2.24, 2.45) is 5.92 Å². The summed E-state index contributed by atoms with van der Waals surface area (Å²) in [7, 11) is 0. The van der Waals surface area contributed by atoms with Gasteiger partial charge < -0.3 is 9.64 Å². The smallest absolute Gasteiger partial charge is 0.305 e. The summed E-state index contributed by atoms with van der Waals surface area (Å²) in [5.41, 5.74) is 0. The summed E-state index contributed by atoms with van der Waals surface area (Å²) < 4.78 is 5.01. The Morgan fingerprint density at radius 1 is 1.16 bits per heavy atom. The van der Waals surface area contributed by atoms with Crippen LogP contribution in [-0.4, -0.2) is 36.6 Å². The first-order valence-corrected chi connectivity index (χ1v) is 8.19. The lowest BCUT2D eigenvalue weighted by atomic mass is 9.93. The molecule has 3 heteroatoms. The quantitative estimate of drug-likeness (QED) is 0.631. The number of esters is 1. The third-order valence-corrected chi connectivity index (χ3v) is 4.41. The van der Waals surface area contributed by atoms with Crippen LogP contribution in [0.1, 0.15) is 64.7 Å². The Hall–Kier alpha value is -0.570. The molecule has 0 N–H and O–H groups in total. The first-order valence-electron chi connectivity index (χ1n) is 8.19. The zero-order valence-corrected chi connectivity index (χ0v) is 12.4. The minimum atomic E-state index is -0.0301. The lowest BCUT2D eigenvalue weighted by Gasteiger charge is -2.34. The van der Waals surface area contributed by atoms with E-state index in [0.29, 0.717) is 13.0 Å². The van der Waals surface area contributed by atoms with Crippen molar-refractivity contribution in [1.29, 1.82) is 0 Å². The SMILES string of the molecule is CCOC(=O)CCCN(CC1CC1)C1CCCCC1. The van der Waals surface area contributed by atoms with Gasteiger partial charge in [0, 0.05) is 19.0 Å². The van der Waals surface area contributed by atoms with Crippen LogP contribution < -0.4 is 0 Å². The van der Waals surface area contributed by atoms with Gasteiger partial charge in [0.1, 0.15) is 0 Å². The summed E-state index contributed by atoms with van der Waals surface area (Å²) in [5.74, 6) is 0.919. The van der Waals surface area contributed by atoms with Gasteiger partial charge in [0.05, 0.1) is 6.61 Å². The maximum atomic E-state index is 11.4. The van der Waals surface area contributed by atoms with Crippen LogP contribution in [0.5, 0.6) is 0 Å². The lowest BCUT2D eigenvalue weighted by molar-refractivity contribution is -0.143. The molecule has 2 fully saturated rings. The molecular formula is C16H29NO2. The Kier molecular flexibility index (Phi) is 6.15. The van der Waals surface area contributed by atoms with Gasteiger partial charge in [0.25, 0.3) is 0 Å². The molecule has 0 aliphatic heterocycles. The monoisotopic (exact) mass is 267 g/mol. The molecule has 2 aliphatic rings. The van der Waals surface area contributed by atoms with E-state index in [1.165, 1.54) is 51.5 Å². The number of nitrogens with zero attached hydrogens (tertiary/aromatic N) is 1. The fourth-order valence-electron chi connectivity index (χ4n) is 3.16. The highest BCUT2D eigenvalue weighted by Gasteiger charge is 2.28. The Morgan fingerprint density at radius 3 is 2.53 bits per heavy atom. The average molecular weight is 267 g/mol. The standard InChI is InChI=1S/C16H29NO2/c1-2-19-16(18)9-6-12-17(13-14-10-11-14)15-7-4-3-5-8-15/h14-15H,2-13H2,1H3. The lowest BCUT2D eigenvalue weighted by Crippen LogP contribution is -2.39. The molecule has 2 rings (SSSR count). The average Bonchev–Trinajstić information content (AvgIpc) is 3.23. The van der Waals surface area contributed by atoms with Crippen molar-refractivity contribution in [2.45, 2.75) is 70.8 Å². The van der Waals surface area contributed by atoms with Crippen molar-refractivity contribution in [3.8, 4) is 0 Å². The number of carbonyl (C=O) groups is 1. The predicted molar refractivity (Wildman–Crippen MR) is 77.0 cm³/mol. The maximum Gasteiger partial charge on any atom is 0.305 e. The third kappa shape index (κ3) is 5.52. The van der Waals surface area contributed by atoms with Crippen molar-refractivity contribution in [3.05, 3.63) is 0 Å². The number of carbonyl (C=O) groups excluding carboxylic acids is 1. The summed E-state index contributed by atoms with van der Waals surface area (Å²) in [6, 6.07) is 0.788. The summed E-state index contributed by atoms with van der Waals surface area (Å²) in [6.07, 6.45) is 11.3. The van der Waals surface area contributed by atoms with Crippen LogP contribution in [0.3, 0.4) is 0 Å². The van der Waals surface area contributed by atoms with Gasteiger partial charge in [0.15, 0.2) is 0 Å². The van der Waals surface area contributed by atoms with E-state index < -0.39 is 0 Å². The van der Waals surface area contributed by atoms with Crippen LogP contribution >= 0.6 is 0 Å². The zero-order chi connectivity index (χ0) is 13.5. The van der Waals surface area contributed by atoms with E-state index in [1.807, 2.05) is 6.92 Å². The van der Waals surface area contributed by atoms with Crippen LogP contribution in [0.25, 0.3) is 0 Å². The molecule has 0 atom stereocenters. The molecule has 19 heavy (non-hydrogen) atoms. The van der Waals surface area contributed by atoms with E-state index >= 15 is 0 Å². The number of ether oxygens (including phenoxy) is 1. The fraction of sp³-hybridized carbons (Fsp3) is 0.938. The predicted octanol–water partition coefficient (Wildman–Crippen LogP) is 3.37. The minimum Gasteiger partial charge on any atom is -0.466 e. The summed E-state index contributed by atoms with van der Waals surface area (Å²) in [6.45, 7) is 4.74. The molecule has 0 unspecified atom stereocenters. The van der Waals surface area contributed by atoms with Crippen LogP contribution in [0.4, 0.5) is 0 Å². The first kappa shape index (κ1) is 14.8.